The van der Waals surface area contributed by atoms with E-state index in [4.69, 9.17) is 16.1 Å². The Labute approximate surface area is 120 Å². The Kier molecular flexibility index (Phi) is 2.35. The lowest BCUT2D eigenvalue weighted by Gasteiger charge is -2.20. The van der Waals surface area contributed by atoms with Gasteiger partial charge in [0.1, 0.15) is 10.8 Å². The van der Waals surface area contributed by atoms with Gasteiger partial charge in [-0.05, 0) is 32.1 Å². The minimum Gasteiger partial charge on any atom is -0.338 e. The van der Waals surface area contributed by atoms with E-state index in [2.05, 4.69) is 15.1 Å². The van der Waals surface area contributed by atoms with Gasteiger partial charge in [0.05, 0.1) is 11.6 Å². The molecule has 0 atom stereocenters. The second-order valence-corrected chi connectivity index (χ2v) is 6.38. The third-order valence-electron chi connectivity index (χ3n) is 4.77. The molecule has 2 fully saturated rings. The average molecular weight is 297 g/mol. The van der Waals surface area contributed by atoms with Crippen molar-refractivity contribution >= 4 is 11.6 Å². The zero-order valence-electron chi connectivity index (χ0n) is 11.1. The van der Waals surface area contributed by atoms with E-state index in [1.807, 2.05) is 0 Å². The van der Waals surface area contributed by atoms with Gasteiger partial charge in [0.2, 0.25) is 11.7 Å². The monoisotopic (exact) mass is 296 g/mol. The molecule has 106 valence electrons. The highest BCUT2D eigenvalue weighted by atomic mass is 35.5. The first-order valence-corrected chi connectivity index (χ1v) is 7.10. The van der Waals surface area contributed by atoms with Gasteiger partial charge < -0.3 is 9.09 Å². The maximum atomic E-state index is 14.3. The number of rotatable bonds is 2. The van der Waals surface area contributed by atoms with E-state index in [1.54, 1.807) is 17.8 Å². The number of fused-ring (bicyclic) bond motifs is 2. The number of nitrogens with zero attached hydrogens (tertiary/aromatic N) is 4. The van der Waals surface area contributed by atoms with Gasteiger partial charge in [0.25, 0.3) is 0 Å². The molecule has 2 aliphatic carbocycles. The fraction of sp³-hybridized carbons (Fsp3) is 0.615. The maximum Gasteiger partial charge on any atom is 0.238 e. The smallest absolute Gasteiger partial charge is 0.238 e. The molecular formula is C13H14ClFN4O. The number of hydrogen-bond acceptors (Lipinski definition) is 4. The molecule has 0 unspecified atom stereocenters. The van der Waals surface area contributed by atoms with Gasteiger partial charge in [-0.25, -0.2) is 9.37 Å². The Balaban J connectivity index is 1.71. The van der Waals surface area contributed by atoms with Crippen LogP contribution in [0.25, 0.3) is 11.6 Å². The molecule has 2 saturated carbocycles. The Bertz CT molecular complexity index is 672. The summed E-state index contributed by atoms with van der Waals surface area (Å²) in [5, 5.41) is 4.50. The van der Waals surface area contributed by atoms with Crippen molar-refractivity contribution in [2.24, 2.45) is 7.05 Å². The summed E-state index contributed by atoms with van der Waals surface area (Å²) < 4.78 is 21.4. The van der Waals surface area contributed by atoms with Gasteiger partial charge in [-0.2, -0.15) is 4.98 Å². The van der Waals surface area contributed by atoms with Crippen LogP contribution < -0.4 is 0 Å². The predicted molar refractivity (Wildman–Crippen MR) is 70.1 cm³/mol. The zero-order valence-corrected chi connectivity index (χ0v) is 11.8. The normalized spacial score (nSPS) is 32.1. The van der Waals surface area contributed by atoms with Gasteiger partial charge in [0.15, 0.2) is 5.82 Å². The lowest BCUT2D eigenvalue weighted by atomic mass is 9.84. The van der Waals surface area contributed by atoms with E-state index in [1.165, 1.54) is 0 Å². The second kappa shape index (κ2) is 3.81. The van der Waals surface area contributed by atoms with Crippen LogP contribution in [0.5, 0.6) is 0 Å². The standard InChI is InChI=1S/C13H14ClFN4O/c1-19-8(14)6-16-10(19)9-17-11(20-18-9)12-2-4-13(15,7-12)5-3-12/h6H,2-5,7H2,1H3. The number of imidazole rings is 1. The quantitative estimate of drug-likeness (QED) is 0.854. The van der Waals surface area contributed by atoms with Crippen molar-refractivity contribution in [2.75, 3.05) is 0 Å². The van der Waals surface area contributed by atoms with Gasteiger partial charge in [-0.1, -0.05) is 16.8 Å². The third kappa shape index (κ3) is 1.57. The molecular weight excluding hydrogens is 283 g/mol. The average Bonchev–Trinajstić information content (AvgIpc) is 3.14. The summed E-state index contributed by atoms with van der Waals surface area (Å²) in [5.41, 5.74) is -1.30. The highest BCUT2D eigenvalue weighted by Gasteiger charge is 2.58. The molecule has 0 aliphatic heterocycles. The van der Waals surface area contributed by atoms with E-state index >= 15 is 0 Å². The van der Waals surface area contributed by atoms with Crippen LogP contribution in [-0.2, 0) is 12.5 Å². The van der Waals surface area contributed by atoms with E-state index in [0.29, 0.717) is 42.0 Å². The molecule has 0 aromatic carbocycles. The van der Waals surface area contributed by atoms with E-state index in [-0.39, 0.29) is 5.41 Å². The molecule has 5 nitrogen and oxygen atoms in total. The number of aromatic nitrogens is 4. The van der Waals surface area contributed by atoms with Gasteiger partial charge >= 0.3 is 0 Å². The minimum absolute atomic E-state index is 0.269. The molecule has 0 N–H and O–H groups in total. The summed E-state index contributed by atoms with van der Waals surface area (Å²) in [7, 11) is 1.79. The van der Waals surface area contributed by atoms with Crippen molar-refractivity contribution in [3.05, 3.63) is 17.2 Å². The molecule has 2 aromatic rings. The molecule has 0 spiro atoms. The van der Waals surface area contributed by atoms with Crippen LogP contribution in [0.15, 0.2) is 10.7 Å². The second-order valence-electron chi connectivity index (χ2n) is 5.99. The minimum atomic E-state index is -1.03. The SMILES string of the molecule is Cn1c(Cl)cnc1-c1noc(C23CCC(F)(CC2)C3)n1. The molecule has 2 heterocycles. The van der Waals surface area contributed by atoms with E-state index in [9.17, 15) is 4.39 Å². The van der Waals surface area contributed by atoms with E-state index < -0.39 is 5.67 Å². The first-order chi connectivity index (χ1) is 9.51. The highest BCUT2D eigenvalue weighted by molar-refractivity contribution is 6.29. The van der Waals surface area contributed by atoms with Crippen LogP contribution in [0.3, 0.4) is 0 Å². The lowest BCUT2D eigenvalue weighted by Crippen LogP contribution is -2.20. The number of alkyl halides is 1. The fourth-order valence-corrected chi connectivity index (χ4v) is 3.68. The Morgan fingerprint density at radius 1 is 1.35 bits per heavy atom. The summed E-state index contributed by atoms with van der Waals surface area (Å²) >= 11 is 5.96. The van der Waals surface area contributed by atoms with Crippen molar-refractivity contribution in [1.82, 2.24) is 19.7 Å². The molecule has 20 heavy (non-hydrogen) atoms. The molecule has 2 bridgehead atoms. The van der Waals surface area contributed by atoms with Crippen molar-refractivity contribution in [3.63, 3.8) is 0 Å². The van der Waals surface area contributed by atoms with Crippen molar-refractivity contribution in [2.45, 2.75) is 43.2 Å². The molecule has 4 rings (SSSR count). The molecule has 7 heteroatoms. The first kappa shape index (κ1) is 12.3. The van der Waals surface area contributed by atoms with E-state index in [0.717, 1.165) is 12.8 Å². The molecule has 0 amide bonds. The molecule has 2 aliphatic rings. The molecule has 2 aromatic heterocycles. The third-order valence-corrected chi connectivity index (χ3v) is 5.12. The molecule has 0 radical (unpaired) electrons. The van der Waals surface area contributed by atoms with Gasteiger partial charge in [-0.15, -0.1) is 0 Å². The largest absolute Gasteiger partial charge is 0.338 e. The Morgan fingerprint density at radius 2 is 2.10 bits per heavy atom. The van der Waals surface area contributed by atoms with Crippen LogP contribution in [-0.4, -0.2) is 25.4 Å². The summed E-state index contributed by atoms with van der Waals surface area (Å²) in [6, 6.07) is 0. The summed E-state index contributed by atoms with van der Waals surface area (Å²) in [6.07, 6.45) is 4.81. The van der Waals surface area contributed by atoms with Gasteiger partial charge in [0, 0.05) is 7.05 Å². The number of halogens is 2. The number of hydrogen-bond donors (Lipinski definition) is 0. The Morgan fingerprint density at radius 3 is 2.65 bits per heavy atom. The highest BCUT2D eigenvalue weighted by Crippen LogP contribution is 2.58. The van der Waals surface area contributed by atoms with Gasteiger partial charge in [-0.3, -0.25) is 0 Å². The first-order valence-electron chi connectivity index (χ1n) is 6.72. The summed E-state index contributed by atoms with van der Waals surface area (Å²) in [4.78, 5) is 8.62. The zero-order chi connectivity index (χ0) is 14.0. The van der Waals surface area contributed by atoms with Crippen molar-refractivity contribution in [1.29, 1.82) is 0 Å². The lowest BCUT2D eigenvalue weighted by molar-refractivity contribution is 0.176. The summed E-state index contributed by atoms with van der Waals surface area (Å²) in [5.74, 6) is 1.51. The molecule has 0 saturated heterocycles. The van der Waals surface area contributed by atoms with Crippen LogP contribution in [0, 0.1) is 0 Å². The van der Waals surface area contributed by atoms with Crippen LogP contribution in [0.1, 0.15) is 38.0 Å². The van der Waals surface area contributed by atoms with Crippen molar-refractivity contribution < 1.29 is 8.91 Å². The summed E-state index contributed by atoms with van der Waals surface area (Å²) in [6.45, 7) is 0. The maximum absolute atomic E-state index is 14.3. The van der Waals surface area contributed by atoms with Crippen LogP contribution >= 0.6 is 11.6 Å². The predicted octanol–water partition coefficient (Wildman–Crippen LogP) is 3.05. The Hall–Kier alpha value is -1.43. The van der Waals surface area contributed by atoms with Crippen LogP contribution in [0.4, 0.5) is 4.39 Å². The van der Waals surface area contributed by atoms with Crippen molar-refractivity contribution in [3.8, 4) is 11.6 Å². The van der Waals surface area contributed by atoms with Crippen LogP contribution in [0.2, 0.25) is 5.15 Å². The topological polar surface area (TPSA) is 56.7 Å². The fourth-order valence-electron chi connectivity index (χ4n) is 3.55.